The second-order valence-corrected chi connectivity index (χ2v) is 7.32. The molecule has 0 atom stereocenters. The van der Waals surface area contributed by atoms with Crippen LogP contribution in [-0.4, -0.2) is 38.7 Å². The van der Waals surface area contributed by atoms with Crippen molar-refractivity contribution in [1.29, 1.82) is 0 Å². The number of benzene rings is 2. The lowest BCUT2D eigenvalue weighted by atomic mass is 10.1. The molecule has 146 valence electrons. The van der Waals surface area contributed by atoms with E-state index in [4.69, 9.17) is 31.2 Å². The van der Waals surface area contributed by atoms with Crippen molar-refractivity contribution in [3.63, 3.8) is 0 Å². The van der Waals surface area contributed by atoms with Gasteiger partial charge >= 0.3 is 0 Å². The predicted molar refractivity (Wildman–Crippen MR) is 115 cm³/mol. The molecule has 0 saturated carbocycles. The molecule has 1 saturated heterocycles. The standard InChI is InChI=1S/C20H19NO5S2/c1-23-14-8-6-5-7-13(14)21-19(22)17(28-20(21)27)11-12-9-15(24-2)18(26-4)16(10-12)25-3/h5-11H,1-4H3/b17-11-. The van der Waals surface area contributed by atoms with Crippen LogP contribution in [-0.2, 0) is 4.79 Å². The fourth-order valence-corrected chi connectivity index (χ4v) is 4.11. The quantitative estimate of drug-likeness (QED) is 0.517. The molecule has 2 aromatic rings. The maximum Gasteiger partial charge on any atom is 0.270 e. The average Bonchev–Trinajstić information content (AvgIpc) is 2.99. The van der Waals surface area contributed by atoms with Crippen molar-refractivity contribution in [3.05, 3.63) is 46.9 Å². The number of hydrogen-bond acceptors (Lipinski definition) is 7. The van der Waals surface area contributed by atoms with Gasteiger partial charge in [0, 0.05) is 0 Å². The number of hydrogen-bond donors (Lipinski definition) is 0. The molecule has 1 aliphatic heterocycles. The normalized spacial score (nSPS) is 15.1. The van der Waals surface area contributed by atoms with Crippen molar-refractivity contribution in [2.45, 2.75) is 0 Å². The predicted octanol–water partition coefficient (Wildman–Crippen LogP) is 4.13. The Hall–Kier alpha value is -2.71. The molecule has 0 aromatic heterocycles. The summed E-state index contributed by atoms with van der Waals surface area (Å²) >= 11 is 6.67. The number of amides is 1. The second-order valence-electron chi connectivity index (χ2n) is 5.65. The lowest BCUT2D eigenvalue weighted by molar-refractivity contribution is -0.113. The molecule has 1 aliphatic rings. The first-order chi connectivity index (χ1) is 13.5. The Bertz CT molecular complexity index is 932. The minimum atomic E-state index is -0.215. The van der Waals surface area contributed by atoms with E-state index in [0.717, 1.165) is 5.56 Å². The van der Waals surface area contributed by atoms with Gasteiger partial charge in [0.05, 0.1) is 39.0 Å². The maximum atomic E-state index is 13.0. The second kappa shape index (κ2) is 8.53. The van der Waals surface area contributed by atoms with E-state index in [1.165, 1.54) is 16.7 Å². The molecule has 3 rings (SSSR count). The number of carbonyl (C=O) groups excluding carboxylic acids is 1. The molecule has 1 amide bonds. The highest BCUT2D eigenvalue weighted by Crippen LogP contribution is 2.42. The molecule has 2 aromatic carbocycles. The number of anilines is 1. The average molecular weight is 418 g/mol. The van der Waals surface area contributed by atoms with Crippen LogP contribution in [0.25, 0.3) is 6.08 Å². The van der Waals surface area contributed by atoms with Crippen molar-refractivity contribution in [3.8, 4) is 23.0 Å². The first-order valence-corrected chi connectivity index (χ1v) is 9.47. The van der Waals surface area contributed by atoms with Gasteiger partial charge in [-0.25, -0.2) is 0 Å². The summed E-state index contributed by atoms with van der Waals surface area (Å²) in [4.78, 5) is 15.0. The fourth-order valence-electron chi connectivity index (χ4n) is 2.83. The SMILES string of the molecule is COc1ccccc1N1C(=O)/C(=C/c2cc(OC)c(OC)c(OC)c2)SC1=S. The number of carbonyl (C=O) groups is 1. The van der Waals surface area contributed by atoms with Crippen LogP contribution in [0.2, 0.25) is 0 Å². The van der Waals surface area contributed by atoms with Gasteiger partial charge in [0.15, 0.2) is 15.8 Å². The smallest absolute Gasteiger partial charge is 0.270 e. The molecule has 0 bridgehead atoms. The highest BCUT2D eigenvalue weighted by Gasteiger charge is 2.35. The Morgan fingerprint density at radius 1 is 0.929 bits per heavy atom. The molecule has 0 N–H and O–H groups in total. The third-order valence-electron chi connectivity index (χ3n) is 4.10. The summed E-state index contributed by atoms with van der Waals surface area (Å²) in [5, 5.41) is 0. The van der Waals surface area contributed by atoms with E-state index in [1.54, 1.807) is 58.8 Å². The van der Waals surface area contributed by atoms with Crippen molar-refractivity contribution < 1.29 is 23.7 Å². The maximum absolute atomic E-state index is 13.0. The number of para-hydroxylation sites is 2. The van der Waals surface area contributed by atoms with Gasteiger partial charge in [0.2, 0.25) is 5.75 Å². The Morgan fingerprint density at radius 3 is 2.11 bits per heavy atom. The van der Waals surface area contributed by atoms with Crippen LogP contribution in [0.5, 0.6) is 23.0 Å². The van der Waals surface area contributed by atoms with Crippen molar-refractivity contribution in [2.24, 2.45) is 0 Å². The number of methoxy groups -OCH3 is 4. The Balaban J connectivity index is 2.00. The van der Waals surface area contributed by atoms with Crippen molar-refractivity contribution in [1.82, 2.24) is 0 Å². The van der Waals surface area contributed by atoms with Gasteiger partial charge in [-0.05, 0) is 35.9 Å². The van der Waals surface area contributed by atoms with Gasteiger partial charge < -0.3 is 18.9 Å². The topological polar surface area (TPSA) is 57.2 Å². The zero-order valence-electron chi connectivity index (χ0n) is 15.8. The number of thiocarbonyl (C=S) groups is 1. The van der Waals surface area contributed by atoms with Crippen LogP contribution < -0.4 is 23.8 Å². The monoisotopic (exact) mass is 417 g/mol. The molecule has 0 spiro atoms. The van der Waals surface area contributed by atoms with E-state index in [-0.39, 0.29) is 5.91 Å². The van der Waals surface area contributed by atoms with Gasteiger partial charge in [-0.1, -0.05) is 36.1 Å². The van der Waals surface area contributed by atoms with Gasteiger partial charge in [-0.2, -0.15) is 0 Å². The fraction of sp³-hybridized carbons (Fsp3) is 0.200. The summed E-state index contributed by atoms with van der Waals surface area (Å²) in [6.07, 6.45) is 1.75. The molecule has 28 heavy (non-hydrogen) atoms. The third kappa shape index (κ3) is 3.65. The summed E-state index contributed by atoms with van der Waals surface area (Å²) in [6, 6.07) is 10.8. The van der Waals surface area contributed by atoms with Gasteiger partial charge in [-0.15, -0.1) is 0 Å². The van der Waals surface area contributed by atoms with Crippen LogP contribution in [0, 0.1) is 0 Å². The zero-order valence-corrected chi connectivity index (χ0v) is 17.5. The summed E-state index contributed by atoms with van der Waals surface area (Å²) in [7, 11) is 6.19. The highest BCUT2D eigenvalue weighted by molar-refractivity contribution is 8.27. The minimum absolute atomic E-state index is 0.215. The number of thioether (sulfide) groups is 1. The summed E-state index contributed by atoms with van der Waals surface area (Å²) in [5.41, 5.74) is 1.34. The minimum Gasteiger partial charge on any atom is -0.495 e. The first kappa shape index (κ1) is 20.0. The molecule has 0 aliphatic carbocycles. The molecule has 6 nitrogen and oxygen atoms in total. The largest absolute Gasteiger partial charge is 0.495 e. The van der Waals surface area contributed by atoms with Crippen LogP contribution in [0.15, 0.2) is 41.3 Å². The lowest BCUT2D eigenvalue weighted by Crippen LogP contribution is -2.27. The molecule has 1 fully saturated rings. The van der Waals surface area contributed by atoms with E-state index in [0.29, 0.717) is 37.9 Å². The molecular formula is C20H19NO5S2. The summed E-state index contributed by atoms with van der Waals surface area (Å²) in [5.74, 6) is 1.87. The number of nitrogens with zero attached hydrogens (tertiary/aromatic N) is 1. The van der Waals surface area contributed by atoms with Crippen LogP contribution in [0.4, 0.5) is 5.69 Å². The van der Waals surface area contributed by atoms with E-state index >= 15 is 0 Å². The Morgan fingerprint density at radius 2 is 1.54 bits per heavy atom. The van der Waals surface area contributed by atoms with Crippen LogP contribution >= 0.6 is 24.0 Å². The number of rotatable bonds is 6. The van der Waals surface area contributed by atoms with E-state index in [9.17, 15) is 4.79 Å². The van der Waals surface area contributed by atoms with Crippen LogP contribution in [0.3, 0.4) is 0 Å². The Kier molecular flexibility index (Phi) is 6.11. The Labute approximate surface area is 173 Å². The first-order valence-electron chi connectivity index (χ1n) is 8.25. The van der Waals surface area contributed by atoms with E-state index in [2.05, 4.69) is 0 Å². The summed E-state index contributed by atoms with van der Waals surface area (Å²) in [6.45, 7) is 0. The molecule has 1 heterocycles. The van der Waals surface area contributed by atoms with Crippen molar-refractivity contribution in [2.75, 3.05) is 33.3 Å². The van der Waals surface area contributed by atoms with Gasteiger partial charge in [0.25, 0.3) is 5.91 Å². The number of ether oxygens (including phenoxy) is 4. The van der Waals surface area contributed by atoms with Gasteiger partial charge in [-0.3, -0.25) is 9.69 Å². The van der Waals surface area contributed by atoms with Crippen LogP contribution in [0.1, 0.15) is 5.56 Å². The van der Waals surface area contributed by atoms with E-state index in [1.807, 2.05) is 12.1 Å². The lowest BCUT2D eigenvalue weighted by Gasteiger charge is -2.17. The van der Waals surface area contributed by atoms with Crippen molar-refractivity contribution >= 4 is 46.0 Å². The molecule has 8 heteroatoms. The third-order valence-corrected chi connectivity index (χ3v) is 5.41. The molecule has 0 unspecified atom stereocenters. The summed E-state index contributed by atoms with van der Waals surface area (Å²) < 4.78 is 21.9. The molecule has 0 radical (unpaired) electrons. The van der Waals surface area contributed by atoms with E-state index < -0.39 is 0 Å². The molecular weight excluding hydrogens is 398 g/mol. The highest BCUT2D eigenvalue weighted by atomic mass is 32.2. The zero-order chi connectivity index (χ0) is 20.3. The van der Waals surface area contributed by atoms with Gasteiger partial charge in [0.1, 0.15) is 5.75 Å².